The molecular formula is C16H26O7. The summed E-state index contributed by atoms with van der Waals surface area (Å²) in [6.07, 6.45) is -1.14. The van der Waals surface area contributed by atoms with E-state index in [1.807, 2.05) is 0 Å². The summed E-state index contributed by atoms with van der Waals surface area (Å²) in [5.41, 5.74) is -2.82. The average Bonchev–Trinajstić information content (AvgIpc) is 2.66. The zero-order chi connectivity index (χ0) is 17.6. The number of ether oxygens (including phenoxy) is 4. The van der Waals surface area contributed by atoms with E-state index in [4.69, 9.17) is 18.9 Å². The van der Waals surface area contributed by atoms with Gasteiger partial charge in [0.1, 0.15) is 17.3 Å². The zero-order valence-corrected chi connectivity index (χ0v) is 14.5. The molecule has 1 aliphatic heterocycles. The molecule has 0 aromatic heterocycles. The summed E-state index contributed by atoms with van der Waals surface area (Å²) in [6.45, 7) is 9.29. The normalized spacial score (nSPS) is 36.2. The first-order valence-corrected chi connectivity index (χ1v) is 7.83. The molecule has 1 saturated carbocycles. The van der Waals surface area contributed by atoms with Crippen LogP contribution in [-0.4, -0.2) is 52.3 Å². The Morgan fingerprint density at radius 2 is 1.78 bits per heavy atom. The lowest BCUT2D eigenvalue weighted by Gasteiger charge is -2.50. The number of carbonyl (C=O) groups is 2. The Morgan fingerprint density at radius 3 is 2.30 bits per heavy atom. The van der Waals surface area contributed by atoms with Crippen molar-refractivity contribution in [2.45, 2.75) is 89.7 Å². The van der Waals surface area contributed by atoms with Crippen LogP contribution in [0.25, 0.3) is 0 Å². The van der Waals surface area contributed by atoms with Crippen LogP contribution in [0.3, 0.4) is 0 Å². The van der Waals surface area contributed by atoms with E-state index in [2.05, 4.69) is 0 Å². The number of rotatable bonds is 3. The first-order valence-electron chi connectivity index (χ1n) is 7.83. The van der Waals surface area contributed by atoms with Crippen molar-refractivity contribution in [2.24, 2.45) is 0 Å². The topological polar surface area (TPSA) is 91.3 Å². The van der Waals surface area contributed by atoms with Gasteiger partial charge in [0, 0.05) is 13.8 Å². The molecule has 1 N–H and O–H groups in total. The van der Waals surface area contributed by atoms with Crippen molar-refractivity contribution in [3.05, 3.63) is 0 Å². The second kappa shape index (κ2) is 5.72. The average molecular weight is 330 g/mol. The minimum atomic E-state index is -1.57. The molecule has 1 heterocycles. The SMILES string of the molecule is CC(=O)O[C@H]1[C@@H]2OC(C)(C)O[C@@H]2CC[C@]1(O)C(C)(C)OC(C)=O. The predicted molar refractivity (Wildman–Crippen MR) is 79.4 cm³/mol. The molecule has 0 unspecified atom stereocenters. The highest BCUT2D eigenvalue weighted by molar-refractivity contribution is 5.67. The number of carbonyl (C=O) groups excluding carboxylic acids is 2. The van der Waals surface area contributed by atoms with Crippen molar-refractivity contribution in [2.75, 3.05) is 0 Å². The van der Waals surface area contributed by atoms with E-state index >= 15 is 0 Å². The van der Waals surface area contributed by atoms with Gasteiger partial charge in [-0.15, -0.1) is 0 Å². The Morgan fingerprint density at radius 1 is 1.17 bits per heavy atom. The van der Waals surface area contributed by atoms with Crippen molar-refractivity contribution in [1.29, 1.82) is 0 Å². The highest BCUT2D eigenvalue weighted by Crippen LogP contribution is 2.47. The molecule has 7 heteroatoms. The summed E-state index contributed by atoms with van der Waals surface area (Å²) >= 11 is 0. The summed E-state index contributed by atoms with van der Waals surface area (Å²) in [7, 11) is 0. The molecule has 1 saturated heterocycles. The van der Waals surface area contributed by atoms with Crippen LogP contribution in [-0.2, 0) is 28.5 Å². The molecule has 0 aromatic rings. The molecule has 1 aliphatic carbocycles. The number of hydrogen-bond donors (Lipinski definition) is 1. The maximum atomic E-state index is 11.6. The fraction of sp³-hybridized carbons (Fsp3) is 0.875. The van der Waals surface area contributed by atoms with Crippen molar-refractivity contribution >= 4 is 11.9 Å². The maximum absolute atomic E-state index is 11.6. The van der Waals surface area contributed by atoms with E-state index in [0.29, 0.717) is 6.42 Å². The lowest BCUT2D eigenvalue weighted by molar-refractivity contribution is -0.252. The Kier molecular flexibility index (Phi) is 4.52. The van der Waals surface area contributed by atoms with Gasteiger partial charge in [-0.2, -0.15) is 0 Å². The van der Waals surface area contributed by atoms with Gasteiger partial charge < -0.3 is 24.1 Å². The summed E-state index contributed by atoms with van der Waals surface area (Å²) in [4.78, 5) is 23.0. The van der Waals surface area contributed by atoms with Crippen molar-refractivity contribution < 1.29 is 33.6 Å². The zero-order valence-electron chi connectivity index (χ0n) is 14.5. The van der Waals surface area contributed by atoms with Crippen molar-refractivity contribution in [1.82, 2.24) is 0 Å². The van der Waals surface area contributed by atoms with Gasteiger partial charge in [0.25, 0.3) is 0 Å². The molecular weight excluding hydrogens is 304 g/mol. The lowest BCUT2D eigenvalue weighted by atomic mass is 9.70. The molecule has 23 heavy (non-hydrogen) atoms. The molecule has 2 aliphatic rings. The Hall–Kier alpha value is -1.18. The van der Waals surface area contributed by atoms with Crippen LogP contribution in [0.1, 0.15) is 54.4 Å². The summed E-state index contributed by atoms with van der Waals surface area (Å²) in [5, 5.41) is 11.3. The van der Waals surface area contributed by atoms with Crippen LogP contribution in [0, 0.1) is 0 Å². The van der Waals surface area contributed by atoms with Gasteiger partial charge in [0.05, 0.1) is 6.10 Å². The molecule has 132 valence electrons. The van der Waals surface area contributed by atoms with E-state index in [1.165, 1.54) is 13.8 Å². The smallest absolute Gasteiger partial charge is 0.303 e. The molecule has 0 amide bonds. The molecule has 7 nitrogen and oxygen atoms in total. The summed E-state index contributed by atoms with van der Waals surface area (Å²) in [5.74, 6) is -1.89. The molecule has 0 spiro atoms. The number of hydrogen-bond acceptors (Lipinski definition) is 7. The third-order valence-corrected chi connectivity index (χ3v) is 4.53. The van der Waals surface area contributed by atoms with E-state index in [-0.39, 0.29) is 12.5 Å². The highest BCUT2D eigenvalue weighted by atomic mass is 16.8. The van der Waals surface area contributed by atoms with Crippen molar-refractivity contribution in [3.8, 4) is 0 Å². The summed E-state index contributed by atoms with van der Waals surface area (Å²) < 4.78 is 22.4. The van der Waals surface area contributed by atoms with Gasteiger partial charge in [-0.3, -0.25) is 9.59 Å². The first kappa shape index (κ1) is 18.2. The molecule has 2 fully saturated rings. The van der Waals surface area contributed by atoms with Gasteiger partial charge in [-0.25, -0.2) is 0 Å². The van der Waals surface area contributed by atoms with Crippen LogP contribution in [0.15, 0.2) is 0 Å². The quantitative estimate of drug-likeness (QED) is 0.780. The van der Waals surface area contributed by atoms with E-state index in [1.54, 1.807) is 27.7 Å². The second-order valence-electron chi connectivity index (χ2n) is 7.24. The maximum Gasteiger partial charge on any atom is 0.303 e. The largest absolute Gasteiger partial charge is 0.457 e. The van der Waals surface area contributed by atoms with Gasteiger partial charge in [0.2, 0.25) is 0 Å². The van der Waals surface area contributed by atoms with Crippen LogP contribution >= 0.6 is 0 Å². The minimum Gasteiger partial charge on any atom is -0.457 e. The van der Waals surface area contributed by atoms with E-state index in [0.717, 1.165) is 0 Å². The number of fused-ring (bicyclic) bond motifs is 1. The van der Waals surface area contributed by atoms with Crippen LogP contribution in [0.5, 0.6) is 0 Å². The van der Waals surface area contributed by atoms with Crippen molar-refractivity contribution in [3.63, 3.8) is 0 Å². The van der Waals surface area contributed by atoms with Crippen LogP contribution in [0.2, 0.25) is 0 Å². The molecule has 4 atom stereocenters. The van der Waals surface area contributed by atoms with Crippen LogP contribution in [0.4, 0.5) is 0 Å². The van der Waals surface area contributed by atoms with E-state index < -0.39 is 41.1 Å². The first-order chi connectivity index (χ1) is 10.4. The Balaban J connectivity index is 2.38. The minimum absolute atomic E-state index is 0.256. The molecule has 0 aromatic carbocycles. The number of aliphatic hydroxyl groups is 1. The third kappa shape index (κ3) is 3.36. The second-order valence-corrected chi connectivity index (χ2v) is 7.24. The fourth-order valence-corrected chi connectivity index (χ4v) is 3.55. The van der Waals surface area contributed by atoms with Gasteiger partial charge in [-0.05, 0) is 40.5 Å². The Bertz CT molecular complexity index is 499. The standard InChI is InChI=1S/C16H26O7/c1-9(17)20-13-12-11(22-15(5,6)23-12)7-8-16(13,19)14(3,4)21-10(2)18/h11-13,19H,7-8H2,1-6H3/t11-,12-,13+,16-/m1/s1. The van der Waals surface area contributed by atoms with Crippen LogP contribution < -0.4 is 0 Å². The summed E-state index contributed by atoms with van der Waals surface area (Å²) in [6, 6.07) is 0. The van der Waals surface area contributed by atoms with Gasteiger partial charge in [-0.1, -0.05) is 0 Å². The molecule has 0 bridgehead atoms. The number of esters is 2. The molecule has 2 rings (SSSR count). The fourth-order valence-electron chi connectivity index (χ4n) is 3.55. The Labute approximate surface area is 136 Å². The predicted octanol–water partition coefficient (Wildman–Crippen LogP) is 1.30. The highest BCUT2D eigenvalue weighted by Gasteiger charge is 2.63. The van der Waals surface area contributed by atoms with E-state index in [9.17, 15) is 14.7 Å². The van der Waals surface area contributed by atoms with Gasteiger partial charge >= 0.3 is 11.9 Å². The third-order valence-electron chi connectivity index (χ3n) is 4.53. The lowest BCUT2D eigenvalue weighted by Crippen LogP contribution is -2.68. The van der Waals surface area contributed by atoms with Gasteiger partial charge in [0.15, 0.2) is 11.9 Å². The molecule has 0 radical (unpaired) electrons. The monoisotopic (exact) mass is 330 g/mol.